The number of amides is 1. The molecule has 0 radical (unpaired) electrons. The van der Waals surface area contributed by atoms with Crippen molar-refractivity contribution in [2.24, 2.45) is 5.73 Å². The first-order chi connectivity index (χ1) is 13.0. The quantitative estimate of drug-likeness (QED) is 0.216. The third-order valence-electron chi connectivity index (χ3n) is 3.64. The van der Waals surface area contributed by atoms with E-state index in [-0.39, 0.29) is 19.1 Å². The van der Waals surface area contributed by atoms with E-state index in [4.69, 9.17) is 27.4 Å². The lowest BCUT2D eigenvalue weighted by atomic mass is 10.1. The zero-order chi connectivity index (χ0) is 19.6. The second kappa shape index (κ2) is 10.9. The summed E-state index contributed by atoms with van der Waals surface area (Å²) in [7, 11) is -1.77. The van der Waals surface area contributed by atoms with Crippen molar-refractivity contribution in [3.63, 3.8) is 0 Å². The Kier molecular flexibility index (Phi) is 8.55. The standard InChI is InChI=1S/C14H21BClN7O4/c16-12-5-4-10(7-18-12)8-19-13(24)9-23-14(20-21-22-23)11(17)3-1-2-6-27-15(25)26/h4-5,7,11,25-26H,1-3,6,8-9,17H2,(H,19,24). The lowest BCUT2D eigenvalue weighted by Gasteiger charge is -2.12. The van der Waals surface area contributed by atoms with Gasteiger partial charge in [0.2, 0.25) is 5.91 Å². The lowest BCUT2D eigenvalue weighted by Crippen LogP contribution is -2.29. The highest BCUT2D eigenvalue weighted by Crippen LogP contribution is 2.13. The van der Waals surface area contributed by atoms with E-state index in [9.17, 15) is 4.79 Å². The third kappa shape index (κ3) is 7.57. The highest BCUT2D eigenvalue weighted by molar-refractivity contribution is 6.32. The molecule has 2 aromatic heterocycles. The maximum atomic E-state index is 12.1. The SMILES string of the molecule is NC(CCCCOB(O)O)c1nnnn1CC(=O)NCc1ccc(Cl)nc1. The van der Waals surface area contributed by atoms with Crippen molar-refractivity contribution in [3.8, 4) is 0 Å². The predicted octanol–water partition coefficient (Wildman–Crippen LogP) is -0.806. The number of halogens is 1. The molecule has 0 aliphatic heterocycles. The van der Waals surface area contributed by atoms with Crippen LogP contribution in [-0.2, 0) is 22.5 Å². The highest BCUT2D eigenvalue weighted by atomic mass is 35.5. The normalized spacial score (nSPS) is 12.0. The third-order valence-corrected chi connectivity index (χ3v) is 3.86. The molecule has 1 atom stereocenters. The Labute approximate surface area is 161 Å². The highest BCUT2D eigenvalue weighted by Gasteiger charge is 2.17. The number of nitrogens with zero attached hydrogens (tertiary/aromatic N) is 5. The fourth-order valence-corrected chi connectivity index (χ4v) is 2.39. The zero-order valence-electron chi connectivity index (χ0n) is 14.5. The van der Waals surface area contributed by atoms with Gasteiger partial charge < -0.3 is 25.8 Å². The minimum absolute atomic E-state index is 0.0587. The molecule has 0 aliphatic rings. The number of pyridine rings is 1. The van der Waals surface area contributed by atoms with Crippen LogP contribution in [0.4, 0.5) is 0 Å². The number of unbranched alkanes of at least 4 members (excludes halogenated alkanes) is 1. The number of rotatable bonds is 11. The zero-order valence-corrected chi connectivity index (χ0v) is 15.3. The van der Waals surface area contributed by atoms with E-state index in [0.717, 1.165) is 5.56 Å². The summed E-state index contributed by atoms with van der Waals surface area (Å²) in [5.74, 6) is 0.137. The number of tetrazole rings is 1. The van der Waals surface area contributed by atoms with E-state index < -0.39 is 13.4 Å². The molecule has 13 heteroatoms. The summed E-state index contributed by atoms with van der Waals surface area (Å²) in [6.45, 7) is 0.456. The second-order valence-corrected chi connectivity index (χ2v) is 6.15. The molecule has 2 rings (SSSR count). The number of nitrogens with two attached hydrogens (primary N) is 1. The molecular weight excluding hydrogens is 376 g/mol. The summed E-state index contributed by atoms with van der Waals surface area (Å²) in [6.07, 6.45) is 3.42. The van der Waals surface area contributed by atoms with Gasteiger partial charge >= 0.3 is 7.32 Å². The topological polar surface area (TPSA) is 161 Å². The number of aromatic nitrogens is 5. The molecule has 0 saturated heterocycles. The van der Waals surface area contributed by atoms with Gasteiger partial charge in [-0.05, 0) is 41.3 Å². The van der Waals surface area contributed by atoms with E-state index in [1.54, 1.807) is 18.3 Å². The molecule has 0 bridgehead atoms. The van der Waals surface area contributed by atoms with Gasteiger partial charge in [-0.2, -0.15) is 0 Å². The summed E-state index contributed by atoms with van der Waals surface area (Å²) in [5, 5.41) is 31.6. The molecule has 2 aromatic rings. The smallest absolute Gasteiger partial charge is 0.402 e. The van der Waals surface area contributed by atoms with Crippen LogP contribution in [0.25, 0.3) is 0 Å². The van der Waals surface area contributed by atoms with Crippen LogP contribution in [0.1, 0.15) is 36.7 Å². The first-order valence-electron chi connectivity index (χ1n) is 8.32. The van der Waals surface area contributed by atoms with Crippen LogP contribution >= 0.6 is 11.6 Å². The van der Waals surface area contributed by atoms with Gasteiger partial charge in [0.05, 0.1) is 6.04 Å². The maximum absolute atomic E-state index is 12.1. The van der Waals surface area contributed by atoms with Crippen LogP contribution in [-0.4, -0.2) is 55.1 Å². The molecular formula is C14H21BClN7O4. The van der Waals surface area contributed by atoms with Crippen LogP contribution in [0.5, 0.6) is 0 Å². The molecule has 0 spiro atoms. The summed E-state index contributed by atoms with van der Waals surface area (Å²) in [6, 6.07) is 2.97. The molecule has 1 amide bonds. The summed E-state index contributed by atoms with van der Waals surface area (Å²) < 4.78 is 5.98. The predicted molar refractivity (Wildman–Crippen MR) is 95.8 cm³/mol. The van der Waals surface area contributed by atoms with Gasteiger partial charge in [-0.25, -0.2) is 9.67 Å². The van der Waals surface area contributed by atoms with Crippen LogP contribution in [0, 0.1) is 0 Å². The van der Waals surface area contributed by atoms with E-state index in [0.29, 0.717) is 36.8 Å². The van der Waals surface area contributed by atoms with Crippen molar-refractivity contribution in [2.45, 2.75) is 38.4 Å². The van der Waals surface area contributed by atoms with Crippen molar-refractivity contribution in [1.82, 2.24) is 30.5 Å². The molecule has 2 heterocycles. The summed E-state index contributed by atoms with van der Waals surface area (Å²) >= 11 is 5.72. The number of carbonyl (C=O) groups excluding carboxylic acids is 1. The fraction of sp³-hybridized carbons (Fsp3) is 0.500. The van der Waals surface area contributed by atoms with Gasteiger partial charge in [0, 0.05) is 19.3 Å². The van der Waals surface area contributed by atoms with Crippen molar-refractivity contribution < 1.29 is 19.5 Å². The van der Waals surface area contributed by atoms with Crippen molar-refractivity contribution in [2.75, 3.05) is 6.61 Å². The van der Waals surface area contributed by atoms with Crippen molar-refractivity contribution in [3.05, 3.63) is 34.9 Å². The van der Waals surface area contributed by atoms with Gasteiger partial charge in [0.25, 0.3) is 0 Å². The fourth-order valence-electron chi connectivity index (χ4n) is 2.28. The number of hydrogen-bond donors (Lipinski definition) is 4. The Morgan fingerprint density at radius 3 is 2.93 bits per heavy atom. The van der Waals surface area contributed by atoms with Gasteiger partial charge in [0.15, 0.2) is 5.82 Å². The van der Waals surface area contributed by atoms with E-state index in [1.807, 2.05) is 0 Å². The molecule has 146 valence electrons. The Morgan fingerprint density at radius 1 is 1.41 bits per heavy atom. The number of carbonyl (C=O) groups is 1. The summed E-state index contributed by atoms with van der Waals surface area (Å²) in [5.41, 5.74) is 6.90. The molecule has 0 saturated carbocycles. The average Bonchev–Trinajstić information content (AvgIpc) is 3.08. The lowest BCUT2D eigenvalue weighted by molar-refractivity contribution is -0.122. The van der Waals surface area contributed by atoms with E-state index in [2.05, 4.69) is 30.5 Å². The van der Waals surface area contributed by atoms with Crippen LogP contribution < -0.4 is 11.1 Å². The van der Waals surface area contributed by atoms with Gasteiger partial charge in [-0.15, -0.1) is 5.10 Å². The van der Waals surface area contributed by atoms with Gasteiger partial charge in [-0.3, -0.25) is 4.79 Å². The van der Waals surface area contributed by atoms with Crippen molar-refractivity contribution in [1.29, 1.82) is 0 Å². The van der Waals surface area contributed by atoms with Crippen LogP contribution in [0.2, 0.25) is 5.15 Å². The minimum atomic E-state index is -1.77. The Balaban J connectivity index is 1.77. The number of nitrogens with one attached hydrogen (secondary N) is 1. The largest absolute Gasteiger partial charge is 0.633 e. The Bertz CT molecular complexity index is 716. The maximum Gasteiger partial charge on any atom is 0.633 e. The molecule has 1 unspecified atom stereocenters. The van der Waals surface area contributed by atoms with Gasteiger partial charge in [-0.1, -0.05) is 17.7 Å². The molecule has 0 fully saturated rings. The summed E-state index contributed by atoms with van der Waals surface area (Å²) in [4.78, 5) is 16.1. The van der Waals surface area contributed by atoms with Crippen molar-refractivity contribution >= 4 is 24.8 Å². The van der Waals surface area contributed by atoms with Gasteiger partial charge in [0.1, 0.15) is 11.7 Å². The number of hydrogen-bond acceptors (Lipinski definition) is 9. The van der Waals surface area contributed by atoms with Crippen LogP contribution in [0.3, 0.4) is 0 Å². The molecule has 5 N–H and O–H groups in total. The first-order valence-corrected chi connectivity index (χ1v) is 8.70. The monoisotopic (exact) mass is 397 g/mol. The average molecular weight is 398 g/mol. The van der Waals surface area contributed by atoms with E-state index >= 15 is 0 Å². The molecule has 0 aromatic carbocycles. The molecule has 11 nitrogen and oxygen atoms in total. The van der Waals surface area contributed by atoms with Crippen LogP contribution in [0.15, 0.2) is 18.3 Å². The Morgan fingerprint density at radius 2 is 2.22 bits per heavy atom. The minimum Gasteiger partial charge on any atom is -0.402 e. The second-order valence-electron chi connectivity index (χ2n) is 5.76. The van der Waals surface area contributed by atoms with E-state index in [1.165, 1.54) is 4.68 Å². The molecule has 0 aliphatic carbocycles. The Hall–Kier alpha value is -2.12. The first kappa shape index (κ1) is 21.2. The molecule has 27 heavy (non-hydrogen) atoms.